The van der Waals surface area contributed by atoms with Gasteiger partial charge in [0.25, 0.3) is 0 Å². The summed E-state index contributed by atoms with van der Waals surface area (Å²) in [7, 11) is 1.61. The van der Waals surface area contributed by atoms with Gasteiger partial charge >= 0.3 is 0 Å². The van der Waals surface area contributed by atoms with Gasteiger partial charge in [-0.15, -0.1) is 0 Å². The molecule has 1 heterocycles. The van der Waals surface area contributed by atoms with Gasteiger partial charge in [0.2, 0.25) is 0 Å². The summed E-state index contributed by atoms with van der Waals surface area (Å²) in [5.74, 6) is 1.03. The standard InChI is InChI=1S/C12H16O3/c1-7-4-9-8(2)11(13)5-12(14-3)10(9)6-15-7/h5,7,13H,4,6H2,1-3H3/t7-/m0/s1. The first-order valence-electron chi connectivity index (χ1n) is 5.13. The molecule has 0 unspecified atom stereocenters. The summed E-state index contributed by atoms with van der Waals surface area (Å²) >= 11 is 0. The van der Waals surface area contributed by atoms with E-state index in [9.17, 15) is 5.11 Å². The number of hydrogen-bond acceptors (Lipinski definition) is 3. The van der Waals surface area contributed by atoms with Crippen LogP contribution in [0.3, 0.4) is 0 Å². The van der Waals surface area contributed by atoms with Gasteiger partial charge in [0.1, 0.15) is 11.5 Å². The van der Waals surface area contributed by atoms with E-state index in [1.54, 1.807) is 13.2 Å². The van der Waals surface area contributed by atoms with Gasteiger partial charge in [-0.25, -0.2) is 0 Å². The fourth-order valence-corrected chi connectivity index (χ4v) is 2.04. The third kappa shape index (κ3) is 1.67. The minimum Gasteiger partial charge on any atom is -0.508 e. The van der Waals surface area contributed by atoms with Crippen LogP contribution in [-0.2, 0) is 17.8 Å². The van der Waals surface area contributed by atoms with Gasteiger partial charge < -0.3 is 14.6 Å². The van der Waals surface area contributed by atoms with Crippen molar-refractivity contribution in [1.29, 1.82) is 0 Å². The van der Waals surface area contributed by atoms with Crippen molar-refractivity contribution in [2.75, 3.05) is 7.11 Å². The van der Waals surface area contributed by atoms with Gasteiger partial charge in [-0.1, -0.05) is 0 Å². The fraction of sp³-hybridized carbons (Fsp3) is 0.500. The van der Waals surface area contributed by atoms with E-state index in [1.165, 1.54) is 5.56 Å². The largest absolute Gasteiger partial charge is 0.508 e. The molecule has 1 aromatic carbocycles. The van der Waals surface area contributed by atoms with Crippen molar-refractivity contribution in [1.82, 2.24) is 0 Å². The number of aromatic hydroxyl groups is 1. The van der Waals surface area contributed by atoms with E-state index in [-0.39, 0.29) is 6.10 Å². The summed E-state index contributed by atoms with van der Waals surface area (Å²) < 4.78 is 10.8. The van der Waals surface area contributed by atoms with Gasteiger partial charge in [-0.2, -0.15) is 0 Å². The van der Waals surface area contributed by atoms with Gasteiger partial charge in [-0.3, -0.25) is 0 Å². The minimum atomic E-state index is 0.211. The van der Waals surface area contributed by atoms with Crippen LogP contribution in [0.15, 0.2) is 6.07 Å². The Bertz CT molecular complexity index is 385. The van der Waals surface area contributed by atoms with Crippen LogP contribution in [0, 0.1) is 6.92 Å². The molecule has 2 rings (SSSR count). The molecule has 3 heteroatoms. The van der Waals surface area contributed by atoms with Gasteiger partial charge in [-0.05, 0) is 31.4 Å². The number of benzene rings is 1. The molecule has 0 spiro atoms. The van der Waals surface area contributed by atoms with E-state index < -0.39 is 0 Å². The molecule has 3 nitrogen and oxygen atoms in total. The zero-order valence-electron chi connectivity index (χ0n) is 9.33. The van der Waals surface area contributed by atoms with Crippen LogP contribution in [0.25, 0.3) is 0 Å². The molecule has 0 bridgehead atoms. The molecule has 0 radical (unpaired) electrons. The molecular weight excluding hydrogens is 192 g/mol. The van der Waals surface area contributed by atoms with Gasteiger partial charge in [0.15, 0.2) is 0 Å². The molecule has 1 aromatic rings. The van der Waals surface area contributed by atoms with Crippen LogP contribution >= 0.6 is 0 Å². The Hall–Kier alpha value is -1.22. The number of phenolic OH excluding ortho intramolecular Hbond substituents is 1. The summed E-state index contributed by atoms with van der Waals surface area (Å²) in [5.41, 5.74) is 3.19. The van der Waals surface area contributed by atoms with E-state index in [0.717, 1.165) is 23.3 Å². The molecule has 1 atom stereocenters. The molecular formula is C12H16O3. The van der Waals surface area contributed by atoms with Crippen molar-refractivity contribution >= 4 is 0 Å². The first kappa shape index (κ1) is 10.3. The van der Waals surface area contributed by atoms with E-state index in [1.807, 2.05) is 13.8 Å². The Morgan fingerprint density at radius 1 is 1.47 bits per heavy atom. The van der Waals surface area contributed by atoms with Crippen LogP contribution < -0.4 is 4.74 Å². The predicted octanol–water partition coefficient (Wildman–Crippen LogP) is 2.17. The lowest BCUT2D eigenvalue weighted by Gasteiger charge is -2.26. The summed E-state index contributed by atoms with van der Waals surface area (Å²) in [6, 6.07) is 1.66. The predicted molar refractivity (Wildman–Crippen MR) is 57.4 cm³/mol. The van der Waals surface area contributed by atoms with Crippen molar-refractivity contribution in [3.63, 3.8) is 0 Å². The SMILES string of the molecule is COc1cc(O)c(C)c2c1CO[C@@H](C)C2. The van der Waals surface area contributed by atoms with Crippen LogP contribution in [-0.4, -0.2) is 18.3 Å². The Morgan fingerprint density at radius 3 is 2.87 bits per heavy atom. The van der Waals surface area contributed by atoms with Gasteiger partial charge in [0, 0.05) is 11.6 Å². The van der Waals surface area contributed by atoms with E-state index >= 15 is 0 Å². The first-order valence-corrected chi connectivity index (χ1v) is 5.13. The number of fused-ring (bicyclic) bond motifs is 1. The molecule has 15 heavy (non-hydrogen) atoms. The second-order valence-corrected chi connectivity index (χ2v) is 4.01. The second-order valence-electron chi connectivity index (χ2n) is 4.01. The van der Waals surface area contributed by atoms with E-state index in [0.29, 0.717) is 12.4 Å². The van der Waals surface area contributed by atoms with Crippen LogP contribution in [0.4, 0.5) is 0 Å². The van der Waals surface area contributed by atoms with Crippen LogP contribution in [0.2, 0.25) is 0 Å². The molecule has 0 saturated heterocycles. The average molecular weight is 208 g/mol. The highest BCUT2D eigenvalue weighted by atomic mass is 16.5. The molecule has 0 amide bonds. The van der Waals surface area contributed by atoms with E-state index in [2.05, 4.69) is 0 Å². The zero-order valence-corrected chi connectivity index (χ0v) is 9.33. The van der Waals surface area contributed by atoms with Crippen molar-refractivity contribution in [2.45, 2.75) is 33.0 Å². The molecule has 1 N–H and O–H groups in total. The molecule has 0 fully saturated rings. The summed E-state index contributed by atoms with van der Waals surface area (Å²) in [6.07, 6.45) is 1.05. The zero-order chi connectivity index (χ0) is 11.0. The van der Waals surface area contributed by atoms with Crippen LogP contribution in [0.1, 0.15) is 23.6 Å². The lowest BCUT2D eigenvalue weighted by Crippen LogP contribution is -2.20. The molecule has 0 saturated carbocycles. The summed E-state index contributed by atoms with van der Waals surface area (Å²) in [4.78, 5) is 0. The maximum Gasteiger partial charge on any atom is 0.128 e. The third-order valence-corrected chi connectivity index (χ3v) is 2.99. The maximum absolute atomic E-state index is 9.75. The molecule has 1 aliphatic heterocycles. The topological polar surface area (TPSA) is 38.7 Å². The highest BCUT2D eigenvalue weighted by Gasteiger charge is 2.22. The van der Waals surface area contributed by atoms with Crippen molar-refractivity contribution < 1.29 is 14.6 Å². The van der Waals surface area contributed by atoms with Crippen LogP contribution in [0.5, 0.6) is 11.5 Å². The summed E-state index contributed by atoms with van der Waals surface area (Å²) in [5, 5.41) is 9.75. The molecule has 0 aliphatic carbocycles. The van der Waals surface area contributed by atoms with Gasteiger partial charge in [0.05, 0.1) is 19.8 Å². The monoisotopic (exact) mass is 208 g/mol. The lowest BCUT2D eigenvalue weighted by molar-refractivity contribution is 0.0393. The lowest BCUT2D eigenvalue weighted by atomic mass is 9.93. The number of ether oxygens (including phenoxy) is 2. The summed E-state index contributed by atoms with van der Waals surface area (Å²) in [6.45, 7) is 4.55. The smallest absolute Gasteiger partial charge is 0.128 e. The third-order valence-electron chi connectivity index (χ3n) is 2.99. The second kappa shape index (κ2) is 3.74. The molecule has 82 valence electrons. The molecule has 0 aromatic heterocycles. The van der Waals surface area contributed by atoms with Crippen molar-refractivity contribution in [3.8, 4) is 11.5 Å². The normalized spacial score (nSPS) is 19.8. The Labute approximate surface area is 89.6 Å². The number of hydrogen-bond donors (Lipinski definition) is 1. The average Bonchev–Trinajstić information content (AvgIpc) is 2.23. The Balaban J connectivity index is 2.57. The quantitative estimate of drug-likeness (QED) is 0.768. The number of methoxy groups -OCH3 is 1. The van der Waals surface area contributed by atoms with Crippen molar-refractivity contribution in [3.05, 3.63) is 22.8 Å². The Kier molecular flexibility index (Phi) is 2.57. The first-order chi connectivity index (χ1) is 7.13. The molecule has 1 aliphatic rings. The number of rotatable bonds is 1. The Morgan fingerprint density at radius 2 is 2.20 bits per heavy atom. The van der Waals surface area contributed by atoms with Crippen molar-refractivity contribution in [2.24, 2.45) is 0 Å². The highest BCUT2D eigenvalue weighted by Crippen LogP contribution is 2.36. The minimum absolute atomic E-state index is 0.211. The maximum atomic E-state index is 9.75. The number of phenols is 1. The van der Waals surface area contributed by atoms with E-state index in [4.69, 9.17) is 9.47 Å². The highest BCUT2D eigenvalue weighted by molar-refractivity contribution is 5.52. The fourth-order valence-electron chi connectivity index (χ4n) is 2.04.